The molecule has 0 unspecified atom stereocenters. The summed E-state index contributed by atoms with van der Waals surface area (Å²) in [5.74, 6) is -3.96. The van der Waals surface area contributed by atoms with Gasteiger partial charge in [-0.2, -0.15) is 0 Å². The maximum Gasteiger partial charge on any atom is 0.308 e. The van der Waals surface area contributed by atoms with E-state index in [4.69, 9.17) is 4.74 Å². The molecule has 4 rings (SSSR count). The standard InChI is InChI=1S/C38H51N5O9/c1-22(2)19-31-38(51)43-18-6-7-30(43)35(48)41-29(21-25-10-14-27(45)15-11-25)37(50)42(5)33(23(3)4)36(49)40-28(20-24-8-12-26(44)13-9-24)34(47)39-17-16-32(46)52-31/h8-15,22-23,28-31,33,44-45H,6-7,16-21H2,1-5H3,(H,39,47)(H,40,49)(H,41,48)/t28-,29-,30+,31+,33+/m1/s1. The molecule has 0 bridgehead atoms. The van der Waals surface area contributed by atoms with Crippen LogP contribution in [0.1, 0.15) is 64.5 Å². The van der Waals surface area contributed by atoms with Crippen molar-refractivity contribution in [3.05, 3.63) is 59.7 Å². The Bertz CT molecular complexity index is 1590. The second-order valence-corrected chi connectivity index (χ2v) is 14.3. The van der Waals surface area contributed by atoms with Gasteiger partial charge < -0.3 is 40.7 Å². The van der Waals surface area contributed by atoms with E-state index in [1.165, 1.54) is 41.1 Å². The number of nitrogens with one attached hydrogen (secondary N) is 3. The van der Waals surface area contributed by atoms with Gasteiger partial charge in [0.15, 0.2) is 6.10 Å². The summed E-state index contributed by atoms with van der Waals surface area (Å²) in [5, 5.41) is 27.9. The minimum atomic E-state index is -1.17. The van der Waals surface area contributed by atoms with Gasteiger partial charge in [-0.1, -0.05) is 52.0 Å². The first kappa shape index (κ1) is 39.6. The Kier molecular flexibility index (Phi) is 13.6. The van der Waals surface area contributed by atoms with Gasteiger partial charge in [0.2, 0.25) is 23.6 Å². The van der Waals surface area contributed by atoms with Gasteiger partial charge in [0.05, 0.1) is 6.42 Å². The summed E-state index contributed by atoms with van der Waals surface area (Å²) < 4.78 is 5.66. The van der Waals surface area contributed by atoms with Crippen molar-refractivity contribution in [2.24, 2.45) is 11.8 Å². The Morgan fingerprint density at radius 3 is 1.88 bits per heavy atom. The quantitative estimate of drug-likeness (QED) is 0.265. The van der Waals surface area contributed by atoms with Crippen LogP contribution in [0.25, 0.3) is 0 Å². The molecule has 2 aromatic rings. The first-order chi connectivity index (χ1) is 24.6. The Morgan fingerprint density at radius 1 is 0.769 bits per heavy atom. The van der Waals surface area contributed by atoms with Crippen molar-refractivity contribution in [2.45, 2.75) is 96.5 Å². The molecule has 5 amide bonds. The zero-order valence-corrected chi connectivity index (χ0v) is 30.5. The van der Waals surface area contributed by atoms with Crippen molar-refractivity contribution in [2.75, 3.05) is 20.1 Å². The molecule has 52 heavy (non-hydrogen) atoms. The average molecular weight is 722 g/mol. The molecule has 5 atom stereocenters. The van der Waals surface area contributed by atoms with Crippen molar-refractivity contribution >= 4 is 35.5 Å². The molecule has 0 radical (unpaired) electrons. The minimum Gasteiger partial charge on any atom is -0.508 e. The summed E-state index contributed by atoms with van der Waals surface area (Å²) in [6.07, 6.45) is -0.285. The molecule has 0 aliphatic carbocycles. The van der Waals surface area contributed by atoms with Gasteiger partial charge in [-0.15, -0.1) is 0 Å². The van der Waals surface area contributed by atoms with Gasteiger partial charge in [0, 0.05) is 33.0 Å². The Hall–Kier alpha value is -5.14. The number of carbonyl (C=O) groups excluding carboxylic acids is 6. The summed E-state index contributed by atoms with van der Waals surface area (Å²) in [7, 11) is 1.46. The molecule has 2 heterocycles. The molecule has 14 heteroatoms. The minimum absolute atomic E-state index is 0.0156. The van der Waals surface area contributed by atoms with E-state index in [9.17, 15) is 39.0 Å². The van der Waals surface area contributed by atoms with E-state index >= 15 is 0 Å². The number of phenols is 2. The lowest BCUT2D eigenvalue weighted by molar-refractivity contribution is -0.162. The van der Waals surface area contributed by atoms with Gasteiger partial charge in [-0.05, 0) is 66.5 Å². The van der Waals surface area contributed by atoms with Crippen molar-refractivity contribution in [1.82, 2.24) is 25.8 Å². The Balaban J connectivity index is 1.73. The third kappa shape index (κ3) is 10.5. The summed E-state index contributed by atoms with van der Waals surface area (Å²) in [4.78, 5) is 85.5. The second-order valence-electron chi connectivity index (χ2n) is 14.3. The van der Waals surface area contributed by atoms with E-state index in [1.54, 1.807) is 38.1 Å². The van der Waals surface area contributed by atoms with Crippen molar-refractivity contribution < 1.29 is 43.7 Å². The average Bonchev–Trinajstić information content (AvgIpc) is 3.58. The summed E-state index contributed by atoms with van der Waals surface area (Å²) in [6, 6.07) is 8.03. The predicted octanol–water partition coefficient (Wildman–Crippen LogP) is 1.80. The normalized spacial score (nSPS) is 24.4. The van der Waals surface area contributed by atoms with Crippen LogP contribution in [0.2, 0.25) is 0 Å². The first-order valence-corrected chi connectivity index (χ1v) is 17.9. The van der Waals surface area contributed by atoms with E-state index in [-0.39, 0.29) is 56.2 Å². The lowest BCUT2D eigenvalue weighted by atomic mass is 9.97. The smallest absolute Gasteiger partial charge is 0.308 e. The number of likely N-dealkylation sites (N-methyl/N-ethyl adjacent to an activating group) is 1. The number of fused-ring (bicyclic) bond motifs is 1. The van der Waals surface area contributed by atoms with Crippen molar-refractivity contribution in [3.63, 3.8) is 0 Å². The highest BCUT2D eigenvalue weighted by molar-refractivity contribution is 5.96. The molecule has 2 saturated heterocycles. The fourth-order valence-electron chi connectivity index (χ4n) is 6.72. The molecule has 2 aliphatic rings. The van der Waals surface area contributed by atoms with Gasteiger partial charge in [0.25, 0.3) is 5.91 Å². The maximum atomic E-state index is 14.3. The summed E-state index contributed by atoms with van der Waals surface area (Å²) in [6.45, 7) is 7.40. The lowest BCUT2D eigenvalue weighted by Gasteiger charge is -2.35. The number of hydrogen-bond donors (Lipinski definition) is 5. The van der Waals surface area contributed by atoms with Crippen LogP contribution in [0.15, 0.2) is 48.5 Å². The molecule has 2 aromatic carbocycles. The highest BCUT2D eigenvalue weighted by Crippen LogP contribution is 2.23. The number of hydrogen-bond acceptors (Lipinski definition) is 9. The highest BCUT2D eigenvalue weighted by atomic mass is 16.5. The van der Waals surface area contributed by atoms with Gasteiger partial charge >= 0.3 is 5.97 Å². The lowest BCUT2D eigenvalue weighted by Crippen LogP contribution is -2.60. The maximum absolute atomic E-state index is 14.3. The number of esters is 1. The third-order valence-corrected chi connectivity index (χ3v) is 9.37. The van der Waals surface area contributed by atoms with E-state index < -0.39 is 71.7 Å². The summed E-state index contributed by atoms with van der Waals surface area (Å²) >= 11 is 0. The molecule has 282 valence electrons. The monoisotopic (exact) mass is 721 g/mol. The second kappa shape index (κ2) is 17.9. The Morgan fingerprint density at radius 2 is 1.33 bits per heavy atom. The van der Waals surface area contributed by atoms with Crippen LogP contribution in [0.4, 0.5) is 0 Å². The SMILES string of the molecule is CC(C)C[C@@H]1OC(=O)CCNC(=O)[C@@H](Cc2ccc(O)cc2)NC(=O)[C@H](C(C)C)N(C)C(=O)[C@@H](Cc2ccc(O)cc2)NC(=O)[C@@H]2CCCN2C1=O. The van der Waals surface area contributed by atoms with Gasteiger partial charge in [-0.25, -0.2) is 0 Å². The van der Waals surface area contributed by atoms with Crippen molar-refractivity contribution in [1.29, 1.82) is 0 Å². The molecule has 14 nitrogen and oxygen atoms in total. The topological polar surface area (TPSA) is 195 Å². The van der Waals surface area contributed by atoms with Crippen molar-refractivity contribution in [3.8, 4) is 11.5 Å². The van der Waals surface area contributed by atoms with Crippen LogP contribution in [0.5, 0.6) is 11.5 Å². The number of amides is 5. The molecular weight excluding hydrogens is 670 g/mol. The number of rotatable bonds is 7. The number of benzene rings is 2. The molecule has 2 fully saturated rings. The number of ether oxygens (including phenoxy) is 1. The fraction of sp³-hybridized carbons (Fsp3) is 0.526. The van der Waals surface area contributed by atoms with E-state index in [0.29, 0.717) is 24.0 Å². The molecule has 5 N–H and O–H groups in total. The number of phenolic OH excluding ortho intramolecular Hbond substituents is 2. The number of carbonyl (C=O) groups is 6. The molecule has 0 saturated carbocycles. The van der Waals surface area contributed by atoms with Crippen LogP contribution >= 0.6 is 0 Å². The molecule has 0 spiro atoms. The zero-order chi connectivity index (χ0) is 38.1. The zero-order valence-electron chi connectivity index (χ0n) is 30.5. The predicted molar refractivity (Wildman–Crippen MR) is 191 cm³/mol. The summed E-state index contributed by atoms with van der Waals surface area (Å²) in [5.41, 5.74) is 1.26. The van der Waals surface area contributed by atoms with Gasteiger partial charge in [0.1, 0.15) is 35.7 Å². The molecule has 0 aromatic heterocycles. The van der Waals surface area contributed by atoms with Crippen LogP contribution in [0.3, 0.4) is 0 Å². The van der Waals surface area contributed by atoms with Crippen LogP contribution in [0, 0.1) is 11.8 Å². The Labute approximate surface area is 304 Å². The van der Waals surface area contributed by atoms with Crippen LogP contribution in [-0.4, -0.2) is 106 Å². The highest BCUT2D eigenvalue weighted by Gasteiger charge is 2.41. The molecule has 2 aliphatic heterocycles. The number of nitrogens with zero attached hydrogens (tertiary/aromatic N) is 2. The number of cyclic esters (lactones) is 1. The number of aromatic hydroxyl groups is 2. The largest absolute Gasteiger partial charge is 0.508 e. The first-order valence-electron chi connectivity index (χ1n) is 17.9. The third-order valence-electron chi connectivity index (χ3n) is 9.37. The van der Waals surface area contributed by atoms with Crippen LogP contribution < -0.4 is 16.0 Å². The molecular formula is C38H51N5O9. The van der Waals surface area contributed by atoms with E-state index in [1.807, 2.05) is 13.8 Å². The van der Waals surface area contributed by atoms with E-state index in [2.05, 4.69) is 16.0 Å². The van der Waals surface area contributed by atoms with Gasteiger partial charge in [-0.3, -0.25) is 28.8 Å². The van der Waals surface area contributed by atoms with E-state index in [0.717, 1.165) is 0 Å². The fourth-order valence-corrected chi connectivity index (χ4v) is 6.72. The van der Waals surface area contributed by atoms with Crippen LogP contribution in [-0.2, 0) is 46.3 Å².